The van der Waals surface area contributed by atoms with Crippen molar-refractivity contribution in [3.63, 3.8) is 0 Å². The lowest BCUT2D eigenvalue weighted by molar-refractivity contribution is 0.00578. The van der Waals surface area contributed by atoms with Crippen LogP contribution in [0.3, 0.4) is 0 Å². The zero-order valence-corrected chi connectivity index (χ0v) is 12.7. The molecule has 19 heavy (non-hydrogen) atoms. The lowest BCUT2D eigenvalue weighted by Crippen LogP contribution is -2.41. The van der Waals surface area contributed by atoms with E-state index in [9.17, 15) is 0 Å². The van der Waals surface area contributed by atoms with Gasteiger partial charge in [-0.05, 0) is 39.6 Å². The van der Waals surface area contributed by atoms with Crippen LogP contribution in [0.5, 0.6) is 0 Å². The van der Waals surface area contributed by atoms with Gasteiger partial charge in [-0.15, -0.1) is 0 Å². The molecule has 0 N–H and O–H groups in total. The van der Waals surface area contributed by atoms with Crippen molar-refractivity contribution in [2.24, 2.45) is 0 Å². The van der Waals surface area contributed by atoms with Crippen molar-refractivity contribution in [1.82, 2.24) is 0 Å². The van der Waals surface area contributed by atoms with Gasteiger partial charge in [0.25, 0.3) is 0 Å². The minimum absolute atomic E-state index is 0.187. The van der Waals surface area contributed by atoms with Gasteiger partial charge in [-0.1, -0.05) is 13.0 Å². The second-order valence-corrected chi connectivity index (χ2v) is 6.76. The Balaban J connectivity index is 2.11. The van der Waals surface area contributed by atoms with Crippen LogP contribution in [0.2, 0.25) is 0 Å². The van der Waals surface area contributed by atoms with Gasteiger partial charge in [0.1, 0.15) is 0 Å². The maximum absolute atomic E-state index is 7.38. The summed E-state index contributed by atoms with van der Waals surface area (Å²) in [6.07, 6.45) is 5.75. The maximum Gasteiger partial charge on any atom is 0.490 e. The van der Waals surface area contributed by atoms with Gasteiger partial charge in [-0.25, -0.2) is 6.57 Å². The zero-order chi connectivity index (χ0) is 14.3. The molecule has 0 radical (unpaired) electrons. The fraction of sp³-hybridized carbons (Fsp3) is 0.800. The van der Waals surface area contributed by atoms with Crippen LogP contribution >= 0.6 is 0 Å². The summed E-state index contributed by atoms with van der Waals surface area (Å²) in [7, 11) is -0.231. The fourth-order valence-electron chi connectivity index (χ4n) is 2.61. The van der Waals surface area contributed by atoms with Gasteiger partial charge in [-0.2, -0.15) is 0 Å². The molecule has 1 atom stereocenters. The molecule has 1 heterocycles. The first-order valence-electron chi connectivity index (χ1n) is 7.18. The summed E-state index contributed by atoms with van der Waals surface area (Å²) in [5.41, 5.74) is 0.467. The van der Waals surface area contributed by atoms with Crippen molar-refractivity contribution in [3.8, 4) is 0 Å². The number of allylic oxidation sites excluding steroid dienone is 1. The summed E-state index contributed by atoms with van der Waals surface area (Å²) in [4.78, 5) is 3.84. The van der Waals surface area contributed by atoms with E-state index in [-0.39, 0.29) is 23.9 Å². The standard InChI is InChI=1S/C15H24BNO2/c1-7-15(17-6)10-8-12(9-11-15)16-18-13(2,3)14(4,5)19-16/h8H,7,9-11H2,1-5H3. The summed E-state index contributed by atoms with van der Waals surface area (Å²) in [5.74, 6) is 0. The van der Waals surface area contributed by atoms with Crippen molar-refractivity contribution in [2.45, 2.75) is 77.0 Å². The number of hydrogen-bond donors (Lipinski definition) is 0. The summed E-state index contributed by atoms with van der Waals surface area (Å²) >= 11 is 0. The van der Waals surface area contributed by atoms with Crippen LogP contribution in [0.4, 0.5) is 0 Å². The highest BCUT2D eigenvalue weighted by Gasteiger charge is 2.53. The molecule has 4 heteroatoms. The van der Waals surface area contributed by atoms with E-state index in [1.165, 1.54) is 5.47 Å². The predicted octanol–water partition coefficient (Wildman–Crippen LogP) is 3.80. The molecule has 1 fully saturated rings. The summed E-state index contributed by atoms with van der Waals surface area (Å²) in [6.45, 7) is 17.8. The van der Waals surface area contributed by atoms with Crippen molar-refractivity contribution < 1.29 is 9.31 Å². The van der Waals surface area contributed by atoms with Crippen LogP contribution in [-0.4, -0.2) is 23.9 Å². The molecule has 1 aliphatic heterocycles. The molecule has 2 rings (SSSR count). The van der Waals surface area contributed by atoms with Crippen LogP contribution < -0.4 is 0 Å². The first-order chi connectivity index (χ1) is 8.75. The average Bonchev–Trinajstić information content (AvgIpc) is 2.58. The molecular formula is C15H24BNO2. The third-order valence-corrected chi connectivity index (χ3v) is 5.07. The largest absolute Gasteiger partial charge is 0.490 e. The van der Waals surface area contributed by atoms with Gasteiger partial charge in [-0.3, -0.25) is 0 Å². The molecule has 104 valence electrons. The van der Waals surface area contributed by atoms with Gasteiger partial charge in [0.15, 0.2) is 0 Å². The molecule has 0 aromatic rings. The molecule has 1 unspecified atom stereocenters. The fourth-order valence-corrected chi connectivity index (χ4v) is 2.61. The van der Waals surface area contributed by atoms with E-state index >= 15 is 0 Å². The Morgan fingerprint density at radius 3 is 2.21 bits per heavy atom. The Morgan fingerprint density at radius 1 is 1.26 bits per heavy atom. The van der Waals surface area contributed by atoms with Crippen LogP contribution in [0.15, 0.2) is 11.5 Å². The van der Waals surface area contributed by atoms with Crippen molar-refractivity contribution in [1.29, 1.82) is 0 Å². The zero-order valence-electron chi connectivity index (χ0n) is 12.7. The molecule has 0 aromatic heterocycles. The monoisotopic (exact) mass is 261 g/mol. The maximum atomic E-state index is 7.38. The highest BCUT2D eigenvalue weighted by molar-refractivity contribution is 6.54. The van der Waals surface area contributed by atoms with Crippen LogP contribution in [0.1, 0.15) is 60.3 Å². The molecule has 0 bridgehead atoms. The minimum atomic E-state index is -0.280. The topological polar surface area (TPSA) is 22.8 Å². The second-order valence-electron chi connectivity index (χ2n) is 6.76. The molecule has 0 saturated carbocycles. The third-order valence-electron chi connectivity index (χ3n) is 5.07. The molecule has 1 saturated heterocycles. The highest BCUT2D eigenvalue weighted by atomic mass is 16.7. The lowest BCUT2D eigenvalue weighted by atomic mass is 9.68. The molecular weight excluding hydrogens is 237 g/mol. The van der Waals surface area contributed by atoms with E-state index in [0.717, 1.165) is 25.7 Å². The molecule has 0 aromatic carbocycles. The van der Waals surface area contributed by atoms with E-state index < -0.39 is 0 Å². The van der Waals surface area contributed by atoms with Crippen molar-refractivity contribution in [3.05, 3.63) is 23.0 Å². The third kappa shape index (κ3) is 2.46. The Hall–Kier alpha value is -0.785. The Labute approximate surface area is 117 Å². The predicted molar refractivity (Wildman–Crippen MR) is 77.6 cm³/mol. The lowest BCUT2D eigenvalue weighted by Gasteiger charge is -2.32. The molecule has 3 nitrogen and oxygen atoms in total. The summed E-state index contributed by atoms with van der Waals surface area (Å²) in [5, 5.41) is 0. The Bertz CT molecular complexity index is 420. The highest BCUT2D eigenvalue weighted by Crippen LogP contribution is 2.42. The molecule has 0 amide bonds. The Morgan fingerprint density at radius 2 is 1.84 bits per heavy atom. The SMILES string of the molecule is [C-]#[N+]C1(CC)CC=C(B2OC(C)(C)C(C)(C)O2)CC1. The van der Waals surface area contributed by atoms with E-state index in [0.29, 0.717) is 0 Å². The smallest absolute Gasteiger partial charge is 0.400 e. The van der Waals surface area contributed by atoms with E-state index in [1.807, 2.05) is 0 Å². The van der Waals surface area contributed by atoms with Crippen LogP contribution in [0, 0.1) is 6.57 Å². The van der Waals surface area contributed by atoms with Crippen LogP contribution in [-0.2, 0) is 9.31 Å². The summed E-state index contributed by atoms with van der Waals surface area (Å²) in [6, 6.07) is 0. The minimum Gasteiger partial charge on any atom is -0.400 e. The first-order valence-corrected chi connectivity index (χ1v) is 7.18. The number of rotatable bonds is 2. The normalized spacial score (nSPS) is 32.8. The van der Waals surface area contributed by atoms with Gasteiger partial charge in [0.2, 0.25) is 5.54 Å². The number of nitrogens with zero attached hydrogens (tertiary/aromatic N) is 1. The van der Waals surface area contributed by atoms with E-state index in [2.05, 4.69) is 45.5 Å². The van der Waals surface area contributed by atoms with Gasteiger partial charge in [0.05, 0.1) is 11.2 Å². The quantitative estimate of drug-likeness (QED) is 0.557. The molecule has 1 aliphatic carbocycles. The average molecular weight is 261 g/mol. The summed E-state index contributed by atoms with van der Waals surface area (Å²) < 4.78 is 12.1. The molecule has 2 aliphatic rings. The molecule has 0 spiro atoms. The van der Waals surface area contributed by atoms with E-state index in [4.69, 9.17) is 15.9 Å². The second kappa shape index (κ2) is 4.65. The van der Waals surface area contributed by atoms with Gasteiger partial charge in [0, 0.05) is 19.3 Å². The van der Waals surface area contributed by atoms with Crippen molar-refractivity contribution >= 4 is 7.12 Å². The van der Waals surface area contributed by atoms with Crippen LogP contribution in [0.25, 0.3) is 4.85 Å². The van der Waals surface area contributed by atoms with Gasteiger partial charge >= 0.3 is 7.12 Å². The number of hydrogen-bond acceptors (Lipinski definition) is 2. The van der Waals surface area contributed by atoms with Gasteiger partial charge < -0.3 is 14.2 Å². The first kappa shape index (κ1) is 14.6. The van der Waals surface area contributed by atoms with E-state index in [1.54, 1.807) is 0 Å². The Kier molecular flexibility index (Phi) is 3.57. The van der Waals surface area contributed by atoms with Crippen molar-refractivity contribution in [2.75, 3.05) is 0 Å².